The Morgan fingerprint density at radius 3 is 2.93 bits per heavy atom. The summed E-state index contributed by atoms with van der Waals surface area (Å²) in [6.45, 7) is 4.91. The SMILES string of the molecule is CC(C)OCCCc1nc(CCl)cs1. The van der Waals surface area contributed by atoms with Crippen molar-refractivity contribution in [2.75, 3.05) is 6.61 Å². The minimum Gasteiger partial charge on any atom is -0.379 e. The van der Waals surface area contributed by atoms with Crippen LogP contribution in [0.15, 0.2) is 5.38 Å². The molecule has 14 heavy (non-hydrogen) atoms. The van der Waals surface area contributed by atoms with Gasteiger partial charge in [-0.25, -0.2) is 4.98 Å². The Labute approximate surface area is 94.3 Å². The lowest BCUT2D eigenvalue weighted by Crippen LogP contribution is -2.04. The van der Waals surface area contributed by atoms with Crippen LogP contribution >= 0.6 is 22.9 Å². The summed E-state index contributed by atoms with van der Waals surface area (Å²) < 4.78 is 5.45. The molecule has 0 spiro atoms. The van der Waals surface area contributed by atoms with Crippen LogP contribution in [-0.4, -0.2) is 17.7 Å². The Morgan fingerprint density at radius 1 is 1.57 bits per heavy atom. The van der Waals surface area contributed by atoms with E-state index in [0.717, 1.165) is 30.2 Å². The van der Waals surface area contributed by atoms with Crippen molar-refractivity contribution in [1.29, 1.82) is 0 Å². The lowest BCUT2D eigenvalue weighted by Gasteiger charge is -2.05. The fraction of sp³-hybridized carbons (Fsp3) is 0.700. The quantitative estimate of drug-likeness (QED) is 0.556. The zero-order valence-electron chi connectivity index (χ0n) is 8.62. The molecule has 0 unspecified atom stereocenters. The Morgan fingerprint density at radius 2 is 2.36 bits per heavy atom. The standard InChI is InChI=1S/C10H16ClNOS/c1-8(2)13-5-3-4-10-12-9(6-11)7-14-10/h7-8H,3-6H2,1-2H3. The maximum atomic E-state index is 5.66. The summed E-state index contributed by atoms with van der Waals surface area (Å²) in [6, 6.07) is 0. The van der Waals surface area contributed by atoms with Gasteiger partial charge >= 0.3 is 0 Å². The lowest BCUT2D eigenvalue weighted by atomic mass is 10.3. The molecule has 1 rings (SSSR count). The number of nitrogens with zero attached hydrogens (tertiary/aromatic N) is 1. The molecular formula is C10H16ClNOS. The number of aromatic nitrogens is 1. The Kier molecular flexibility index (Phi) is 5.45. The van der Waals surface area contributed by atoms with Crippen molar-refractivity contribution in [1.82, 2.24) is 4.98 Å². The first-order valence-corrected chi connectivity index (χ1v) is 6.24. The van der Waals surface area contributed by atoms with Gasteiger partial charge in [-0.2, -0.15) is 0 Å². The second kappa shape index (κ2) is 6.38. The summed E-state index contributed by atoms with van der Waals surface area (Å²) in [5.74, 6) is 0.513. The maximum absolute atomic E-state index is 5.66. The molecule has 0 aromatic carbocycles. The molecule has 0 fully saturated rings. The van der Waals surface area contributed by atoms with E-state index in [1.807, 2.05) is 5.38 Å². The highest BCUT2D eigenvalue weighted by Crippen LogP contribution is 2.13. The topological polar surface area (TPSA) is 22.1 Å². The van der Waals surface area contributed by atoms with Gasteiger partial charge in [-0.15, -0.1) is 22.9 Å². The van der Waals surface area contributed by atoms with Crippen molar-refractivity contribution in [2.45, 2.75) is 38.7 Å². The first kappa shape index (κ1) is 12.0. The zero-order chi connectivity index (χ0) is 10.4. The summed E-state index contributed by atoms with van der Waals surface area (Å²) in [7, 11) is 0. The number of halogens is 1. The zero-order valence-corrected chi connectivity index (χ0v) is 10.2. The molecule has 0 aliphatic carbocycles. The number of rotatable bonds is 6. The normalized spacial score (nSPS) is 11.1. The van der Waals surface area contributed by atoms with Gasteiger partial charge in [0.25, 0.3) is 0 Å². The van der Waals surface area contributed by atoms with Gasteiger partial charge in [-0.1, -0.05) is 0 Å². The van der Waals surface area contributed by atoms with Crippen LogP contribution in [0.25, 0.3) is 0 Å². The van der Waals surface area contributed by atoms with E-state index in [-0.39, 0.29) is 0 Å². The minimum atomic E-state index is 0.324. The molecule has 0 N–H and O–H groups in total. The summed E-state index contributed by atoms with van der Waals surface area (Å²) >= 11 is 7.34. The van der Waals surface area contributed by atoms with Gasteiger partial charge in [0, 0.05) is 18.4 Å². The highest BCUT2D eigenvalue weighted by atomic mass is 35.5. The Bertz CT molecular complexity index is 262. The van der Waals surface area contributed by atoms with Gasteiger partial charge in [0.15, 0.2) is 0 Å². The van der Waals surface area contributed by atoms with Crippen LogP contribution in [0.5, 0.6) is 0 Å². The van der Waals surface area contributed by atoms with Gasteiger partial charge in [-0.05, 0) is 20.3 Å². The summed E-state index contributed by atoms with van der Waals surface area (Å²) in [4.78, 5) is 4.38. The van der Waals surface area contributed by atoms with Crippen LogP contribution < -0.4 is 0 Å². The average molecular weight is 234 g/mol. The summed E-state index contributed by atoms with van der Waals surface area (Å²) in [6.07, 6.45) is 2.35. The maximum Gasteiger partial charge on any atom is 0.0929 e. The molecule has 0 saturated heterocycles. The van der Waals surface area contributed by atoms with Crippen molar-refractivity contribution in [2.24, 2.45) is 0 Å². The van der Waals surface area contributed by atoms with Crippen molar-refractivity contribution in [3.63, 3.8) is 0 Å². The highest BCUT2D eigenvalue weighted by molar-refractivity contribution is 7.09. The van der Waals surface area contributed by atoms with Crippen molar-refractivity contribution >= 4 is 22.9 Å². The van der Waals surface area contributed by atoms with Crippen molar-refractivity contribution in [3.05, 3.63) is 16.1 Å². The van der Waals surface area contributed by atoms with E-state index in [2.05, 4.69) is 18.8 Å². The Hall–Kier alpha value is -0.120. The van der Waals surface area contributed by atoms with E-state index in [1.54, 1.807) is 11.3 Å². The van der Waals surface area contributed by atoms with Crippen LogP contribution in [0.1, 0.15) is 31.0 Å². The molecule has 1 aromatic rings. The number of hydrogen-bond donors (Lipinski definition) is 0. The van der Waals surface area contributed by atoms with Crippen LogP contribution in [0.3, 0.4) is 0 Å². The average Bonchev–Trinajstić information content (AvgIpc) is 2.60. The second-order valence-electron chi connectivity index (χ2n) is 3.39. The predicted molar refractivity (Wildman–Crippen MR) is 61.1 cm³/mol. The third kappa shape index (κ3) is 4.40. The highest BCUT2D eigenvalue weighted by Gasteiger charge is 2.01. The molecular weight excluding hydrogens is 218 g/mol. The molecule has 0 bridgehead atoms. The van der Waals surface area contributed by atoms with E-state index >= 15 is 0 Å². The first-order valence-electron chi connectivity index (χ1n) is 4.83. The molecule has 0 aliphatic rings. The van der Waals surface area contributed by atoms with E-state index in [4.69, 9.17) is 16.3 Å². The summed E-state index contributed by atoms with van der Waals surface area (Å²) in [5.41, 5.74) is 0.983. The van der Waals surface area contributed by atoms with Crippen LogP contribution in [0.4, 0.5) is 0 Å². The number of hydrogen-bond acceptors (Lipinski definition) is 3. The summed E-state index contributed by atoms with van der Waals surface area (Å²) in [5, 5.41) is 3.18. The van der Waals surface area contributed by atoms with Crippen molar-refractivity contribution in [3.8, 4) is 0 Å². The number of thiazole rings is 1. The third-order valence-electron chi connectivity index (χ3n) is 1.72. The molecule has 0 atom stereocenters. The second-order valence-corrected chi connectivity index (χ2v) is 4.60. The Balaban J connectivity index is 2.18. The van der Waals surface area contributed by atoms with Gasteiger partial charge in [0.1, 0.15) is 0 Å². The third-order valence-corrected chi connectivity index (χ3v) is 2.95. The lowest BCUT2D eigenvalue weighted by molar-refractivity contribution is 0.0772. The van der Waals surface area contributed by atoms with Gasteiger partial charge in [0.05, 0.1) is 22.7 Å². The number of ether oxygens (including phenoxy) is 1. The van der Waals surface area contributed by atoms with Gasteiger partial charge < -0.3 is 4.74 Å². The van der Waals surface area contributed by atoms with Crippen LogP contribution in [-0.2, 0) is 17.0 Å². The van der Waals surface area contributed by atoms with E-state index < -0.39 is 0 Å². The first-order chi connectivity index (χ1) is 6.72. The molecule has 2 nitrogen and oxygen atoms in total. The van der Waals surface area contributed by atoms with E-state index in [1.165, 1.54) is 0 Å². The smallest absolute Gasteiger partial charge is 0.0929 e. The molecule has 1 heterocycles. The molecule has 0 saturated carbocycles. The molecule has 0 aliphatic heterocycles. The fourth-order valence-corrected chi connectivity index (χ4v) is 2.14. The molecule has 4 heteroatoms. The fourth-order valence-electron chi connectivity index (χ4n) is 1.07. The van der Waals surface area contributed by atoms with Gasteiger partial charge in [-0.3, -0.25) is 0 Å². The van der Waals surface area contributed by atoms with Gasteiger partial charge in [0.2, 0.25) is 0 Å². The van der Waals surface area contributed by atoms with Crippen LogP contribution in [0.2, 0.25) is 0 Å². The molecule has 0 radical (unpaired) electrons. The van der Waals surface area contributed by atoms with Crippen LogP contribution in [0, 0.1) is 0 Å². The monoisotopic (exact) mass is 233 g/mol. The van der Waals surface area contributed by atoms with Crippen molar-refractivity contribution < 1.29 is 4.74 Å². The molecule has 80 valence electrons. The minimum absolute atomic E-state index is 0.324. The predicted octanol–water partition coefficient (Wildman–Crippen LogP) is 3.24. The number of alkyl halides is 1. The molecule has 1 aromatic heterocycles. The molecule has 0 amide bonds. The number of aryl methyl sites for hydroxylation is 1. The van der Waals surface area contributed by atoms with E-state index in [9.17, 15) is 0 Å². The van der Waals surface area contributed by atoms with E-state index in [0.29, 0.717) is 12.0 Å². The largest absolute Gasteiger partial charge is 0.379 e.